The van der Waals surface area contributed by atoms with Gasteiger partial charge in [0.25, 0.3) is 5.91 Å². The van der Waals surface area contributed by atoms with Crippen LogP contribution in [-0.2, 0) is 13.0 Å². The Morgan fingerprint density at radius 2 is 2.04 bits per heavy atom. The molecule has 3 aromatic rings. The molecule has 2 aromatic heterocycles. The summed E-state index contributed by atoms with van der Waals surface area (Å²) in [4.78, 5) is 29.2. The summed E-state index contributed by atoms with van der Waals surface area (Å²) in [6, 6.07) is 11.7. The number of carbonyl (C=O) groups is 1. The first-order valence-corrected chi connectivity index (χ1v) is 9.09. The number of fused-ring (bicyclic) bond motifs is 1. The van der Waals surface area contributed by atoms with E-state index in [1.54, 1.807) is 10.8 Å². The Morgan fingerprint density at radius 1 is 1.22 bits per heavy atom. The number of aromatic nitrogens is 4. The minimum atomic E-state index is -0.188. The maximum Gasteiger partial charge on any atom is 0.343 e. The molecule has 0 radical (unpaired) electrons. The predicted octanol–water partition coefficient (Wildman–Crippen LogP) is 2.08. The van der Waals surface area contributed by atoms with Gasteiger partial charge in [-0.05, 0) is 37.0 Å². The summed E-state index contributed by atoms with van der Waals surface area (Å²) in [6.45, 7) is 2.40. The summed E-state index contributed by atoms with van der Waals surface area (Å²) in [5.41, 5.74) is 2.97. The third-order valence-corrected chi connectivity index (χ3v) is 5.04. The molecular formula is C20H21N5O2. The van der Waals surface area contributed by atoms with Crippen LogP contribution in [0.4, 0.5) is 0 Å². The van der Waals surface area contributed by atoms with Crippen LogP contribution in [0.3, 0.4) is 0 Å². The number of aryl methyl sites for hydroxylation is 2. The van der Waals surface area contributed by atoms with E-state index in [4.69, 9.17) is 0 Å². The lowest BCUT2D eigenvalue weighted by molar-refractivity contribution is 0.0932. The van der Waals surface area contributed by atoms with E-state index >= 15 is 0 Å². The highest BCUT2D eigenvalue weighted by molar-refractivity contribution is 6.01. The van der Waals surface area contributed by atoms with E-state index in [2.05, 4.69) is 20.5 Å². The van der Waals surface area contributed by atoms with Gasteiger partial charge in [0.05, 0.1) is 11.3 Å². The fraction of sp³-hybridized carbons (Fsp3) is 0.300. The average Bonchev–Trinajstić information content (AvgIpc) is 2.91. The lowest BCUT2D eigenvalue weighted by atomic mass is 9.98. The van der Waals surface area contributed by atoms with Crippen molar-refractivity contribution in [2.75, 3.05) is 0 Å². The van der Waals surface area contributed by atoms with Crippen molar-refractivity contribution in [2.45, 2.75) is 38.8 Å². The topological polar surface area (TPSA) is 92.7 Å². The lowest BCUT2D eigenvalue weighted by Crippen LogP contribution is -2.36. The lowest BCUT2D eigenvalue weighted by Gasteiger charge is -2.18. The van der Waals surface area contributed by atoms with Crippen LogP contribution >= 0.6 is 0 Å². The van der Waals surface area contributed by atoms with Crippen molar-refractivity contribution < 1.29 is 4.79 Å². The van der Waals surface area contributed by atoms with Crippen LogP contribution in [0, 0.1) is 6.92 Å². The van der Waals surface area contributed by atoms with Gasteiger partial charge in [-0.15, -0.1) is 0 Å². The first-order chi connectivity index (χ1) is 13.1. The standard InChI is InChI=1S/C20H21N5O2/c1-13-18(16(9-11-21-13)14-5-3-2-4-6-14)19(26)22-15-7-8-17-23-24-20(27)25(17)12-10-15/h2-6,9,11,15H,7-8,10,12H2,1H3,(H,22,26)(H,24,27). The van der Waals surface area contributed by atoms with Gasteiger partial charge >= 0.3 is 5.69 Å². The molecule has 1 unspecified atom stereocenters. The van der Waals surface area contributed by atoms with Crippen molar-refractivity contribution in [1.29, 1.82) is 0 Å². The van der Waals surface area contributed by atoms with E-state index in [0.29, 0.717) is 30.6 Å². The molecule has 1 atom stereocenters. The fourth-order valence-electron chi connectivity index (χ4n) is 3.62. The smallest absolute Gasteiger partial charge is 0.343 e. The zero-order chi connectivity index (χ0) is 18.8. The number of benzene rings is 1. The van der Waals surface area contributed by atoms with Crippen molar-refractivity contribution >= 4 is 5.91 Å². The summed E-state index contributed by atoms with van der Waals surface area (Å²) >= 11 is 0. The number of hydrogen-bond acceptors (Lipinski definition) is 4. The van der Waals surface area contributed by atoms with Gasteiger partial charge in [-0.1, -0.05) is 30.3 Å². The third-order valence-electron chi connectivity index (χ3n) is 5.04. The molecular weight excluding hydrogens is 342 g/mol. The number of pyridine rings is 1. The van der Waals surface area contributed by atoms with Crippen molar-refractivity contribution in [1.82, 2.24) is 25.1 Å². The highest BCUT2D eigenvalue weighted by Gasteiger charge is 2.23. The normalized spacial score (nSPS) is 16.4. The summed E-state index contributed by atoms with van der Waals surface area (Å²) in [5.74, 6) is 0.622. The zero-order valence-corrected chi connectivity index (χ0v) is 15.1. The molecule has 7 heteroatoms. The molecule has 27 heavy (non-hydrogen) atoms. The molecule has 4 rings (SSSR count). The number of nitrogens with one attached hydrogen (secondary N) is 2. The summed E-state index contributed by atoms with van der Waals surface area (Å²) in [5, 5.41) is 9.68. The monoisotopic (exact) mass is 363 g/mol. The molecule has 138 valence electrons. The second-order valence-corrected chi connectivity index (χ2v) is 6.78. The van der Waals surface area contributed by atoms with E-state index in [0.717, 1.165) is 23.4 Å². The number of hydrogen-bond donors (Lipinski definition) is 2. The summed E-state index contributed by atoms with van der Waals surface area (Å²) in [6.07, 6.45) is 3.82. The molecule has 7 nitrogen and oxygen atoms in total. The van der Waals surface area contributed by atoms with Gasteiger partial charge in [0.2, 0.25) is 0 Å². The van der Waals surface area contributed by atoms with Crippen LogP contribution in [0.1, 0.15) is 34.7 Å². The second-order valence-electron chi connectivity index (χ2n) is 6.78. The Hall–Kier alpha value is -3.22. The highest BCUT2D eigenvalue weighted by Crippen LogP contribution is 2.25. The Balaban J connectivity index is 1.57. The van der Waals surface area contributed by atoms with Gasteiger partial charge in [0, 0.05) is 25.2 Å². The molecule has 0 spiro atoms. The molecule has 1 amide bonds. The second kappa shape index (κ2) is 7.19. The summed E-state index contributed by atoms with van der Waals surface area (Å²) in [7, 11) is 0. The van der Waals surface area contributed by atoms with Crippen LogP contribution in [-0.4, -0.2) is 31.7 Å². The molecule has 0 saturated heterocycles. The minimum absolute atomic E-state index is 0.0122. The number of H-pyrrole nitrogens is 1. The first-order valence-electron chi connectivity index (χ1n) is 9.09. The Labute approximate surface area is 156 Å². The van der Waals surface area contributed by atoms with Gasteiger partial charge in [-0.25, -0.2) is 9.89 Å². The number of nitrogens with zero attached hydrogens (tertiary/aromatic N) is 3. The van der Waals surface area contributed by atoms with E-state index in [9.17, 15) is 9.59 Å². The minimum Gasteiger partial charge on any atom is -0.349 e. The van der Waals surface area contributed by atoms with Gasteiger partial charge in [0.15, 0.2) is 0 Å². The van der Waals surface area contributed by atoms with Crippen LogP contribution in [0.15, 0.2) is 47.4 Å². The predicted molar refractivity (Wildman–Crippen MR) is 101 cm³/mol. The molecule has 2 N–H and O–H groups in total. The van der Waals surface area contributed by atoms with Crippen molar-refractivity contribution in [3.63, 3.8) is 0 Å². The van der Waals surface area contributed by atoms with Crippen molar-refractivity contribution in [2.24, 2.45) is 0 Å². The molecule has 1 aliphatic heterocycles. The van der Waals surface area contributed by atoms with Gasteiger partial charge < -0.3 is 5.32 Å². The third kappa shape index (κ3) is 3.40. The van der Waals surface area contributed by atoms with Crippen LogP contribution in [0.25, 0.3) is 11.1 Å². The molecule has 1 aromatic carbocycles. The van der Waals surface area contributed by atoms with E-state index in [1.807, 2.05) is 43.3 Å². The molecule has 3 heterocycles. The Kier molecular flexibility index (Phi) is 4.58. The van der Waals surface area contributed by atoms with Gasteiger partial charge in [0.1, 0.15) is 5.82 Å². The fourth-order valence-corrected chi connectivity index (χ4v) is 3.62. The Morgan fingerprint density at radius 3 is 2.85 bits per heavy atom. The highest BCUT2D eigenvalue weighted by atomic mass is 16.2. The average molecular weight is 363 g/mol. The number of amides is 1. The van der Waals surface area contributed by atoms with Crippen LogP contribution in [0.2, 0.25) is 0 Å². The molecule has 0 bridgehead atoms. The molecule has 1 aliphatic rings. The van der Waals surface area contributed by atoms with Gasteiger partial charge in [-0.3, -0.25) is 14.3 Å². The van der Waals surface area contributed by atoms with E-state index < -0.39 is 0 Å². The number of rotatable bonds is 3. The van der Waals surface area contributed by atoms with E-state index in [-0.39, 0.29) is 17.6 Å². The first kappa shape index (κ1) is 17.2. The largest absolute Gasteiger partial charge is 0.349 e. The van der Waals surface area contributed by atoms with Crippen molar-refractivity contribution in [3.8, 4) is 11.1 Å². The van der Waals surface area contributed by atoms with Crippen LogP contribution in [0.5, 0.6) is 0 Å². The maximum atomic E-state index is 13.1. The van der Waals surface area contributed by atoms with Crippen molar-refractivity contribution in [3.05, 3.63) is 70.2 Å². The molecule has 0 saturated carbocycles. The number of aromatic amines is 1. The van der Waals surface area contributed by atoms with Gasteiger partial charge in [-0.2, -0.15) is 5.10 Å². The van der Waals surface area contributed by atoms with Crippen LogP contribution < -0.4 is 11.0 Å². The maximum absolute atomic E-state index is 13.1. The Bertz CT molecular complexity index is 1020. The quantitative estimate of drug-likeness (QED) is 0.745. The van der Waals surface area contributed by atoms with E-state index in [1.165, 1.54) is 0 Å². The summed E-state index contributed by atoms with van der Waals surface area (Å²) < 4.78 is 1.65. The SMILES string of the molecule is Cc1nccc(-c2ccccc2)c1C(=O)NC1CCc2n[nH]c(=O)n2CC1. The molecule has 0 aliphatic carbocycles. The molecule has 0 fully saturated rings. The zero-order valence-electron chi connectivity index (χ0n) is 15.1. The number of carbonyl (C=O) groups excluding carboxylic acids is 1.